The molecular formula is C136H110N4OSi. The molecule has 0 saturated carbocycles. The van der Waals surface area contributed by atoms with E-state index in [1.165, 1.54) is 210 Å². The predicted octanol–water partition coefficient (Wildman–Crippen LogP) is 35.1. The number of hydrogen-bond donors (Lipinski definition) is 0. The van der Waals surface area contributed by atoms with Gasteiger partial charge in [-0.05, 0) is 228 Å². The van der Waals surface area contributed by atoms with Gasteiger partial charge in [0.05, 0.1) is 49.5 Å². The van der Waals surface area contributed by atoms with Crippen molar-refractivity contribution in [1.82, 2.24) is 18.3 Å². The molecule has 0 unspecified atom stereocenters. The number of benzene rings is 21. The van der Waals surface area contributed by atoms with E-state index in [0.717, 1.165) is 16.7 Å². The van der Waals surface area contributed by atoms with E-state index in [1.807, 2.05) is 6.07 Å². The molecule has 6 heteroatoms. The molecule has 6 heterocycles. The van der Waals surface area contributed by atoms with E-state index in [4.69, 9.17) is 4.42 Å². The van der Waals surface area contributed by atoms with Crippen LogP contribution in [0.1, 0.15) is 61.2 Å². The van der Waals surface area contributed by atoms with Crippen molar-refractivity contribution in [3.8, 4) is 56.1 Å². The second kappa shape index (κ2) is 38.7. The van der Waals surface area contributed by atoms with Crippen LogP contribution < -0.4 is 10.4 Å². The fourth-order valence-electron chi connectivity index (χ4n) is 22.1. The van der Waals surface area contributed by atoms with Crippen LogP contribution in [0, 0.1) is 48.5 Å². The molecule has 1 aliphatic heterocycles. The summed E-state index contributed by atoms with van der Waals surface area (Å²) in [5.74, 6) is 0. The van der Waals surface area contributed by atoms with Crippen molar-refractivity contribution in [3.05, 3.63) is 565 Å². The molecule has 0 N–H and O–H groups in total. The molecule has 1 aliphatic carbocycles. The Kier molecular flexibility index (Phi) is 24.5. The second-order valence-corrected chi connectivity index (χ2v) is 42.5. The van der Waals surface area contributed by atoms with Crippen LogP contribution in [0.25, 0.3) is 165 Å². The summed E-state index contributed by atoms with van der Waals surface area (Å²) in [7, 11) is -1.41. The summed E-state index contributed by atoms with van der Waals surface area (Å²) < 4.78 is 15.6. The number of aromatic nitrogens is 4. The predicted molar refractivity (Wildman–Crippen MR) is 608 cm³/mol. The number of hydrogen-bond acceptors (Lipinski definition) is 1. The van der Waals surface area contributed by atoms with Gasteiger partial charge in [0.2, 0.25) is 0 Å². The molecule has 5 aromatic heterocycles. The zero-order valence-electron chi connectivity index (χ0n) is 81.6. The van der Waals surface area contributed by atoms with Gasteiger partial charge in [-0.25, -0.2) is 0 Å². The Labute approximate surface area is 832 Å². The van der Waals surface area contributed by atoms with Crippen molar-refractivity contribution >= 4 is 128 Å². The molecule has 684 valence electrons. The SMILES string of the molecule is Cc1ccc2c(c1)C(c1ccccc1)(c1ccccc1)c1ccccc1-2.Cc1ccc2c(c1)[Si](C)(C)c1ccccc1-2.Cc1ccc2c(c1)c1ccccc1n2-c1ccccc1.Cc1ccc2c3ccccc3n(-c3ccccc3)c2c1.Cc1cccc2c1c1ccccc1n2-c1ccccc1.Cc1cccc2c1oc1c(-c3ccccc3)cccc12.Cc1cccc2c3ccccc3n(-c3ccccc3)c12. The molecular weight excluding hydrogens is 1730 g/mol. The molecule has 0 fully saturated rings. The van der Waals surface area contributed by atoms with Gasteiger partial charge in [-0.1, -0.05) is 436 Å². The zero-order chi connectivity index (χ0) is 96.5. The third-order valence-electron chi connectivity index (χ3n) is 28.7. The summed E-state index contributed by atoms with van der Waals surface area (Å²) in [6.07, 6.45) is 0. The van der Waals surface area contributed by atoms with Crippen molar-refractivity contribution in [2.24, 2.45) is 0 Å². The van der Waals surface area contributed by atoms with Crippen LogP contribution in [0.5, 0.6) is 0 Å². The lowest BCUT2D eigenvalue weighted by atomic mass is 9.67. The lowest BCUT2D eigenvalue weighted by Crippen LogP contribution is -2.49. The molecule has 2 aliphatic rings. The molecule has 0 saturated heterocycles. The number of rotatable bonds is 7. The van der Waals surface area contributed by atoms with Gasteiger partial charge in [-0.2, -0.15) is 0 Å². The Morgan fingerprint density at radius 3 is 1.17 bits per heavy atom. The van der Waals surface area contributed by atoms with Crippen LogP contribution in [-0.2, 0) is 5.41 Å². The molecule has 21 aromatic carbocycles. The minimum Gasteiger partial charge on any atom is -0.455 e. The third-order valence-corrected chi connectivity index (χ3v) is 32.2. The quantitative estimate of drug-likeness (QED) is 0.146. The number of aryl methyl sites for hydroxylation is 7. The summed E-state index contributed by atoms with van der Waals surface area (Å²) >= 11 is 0. The lowest BCUT2D eigenvalue weighted by Gasteiger charge is -2.34. The summed E-state index contributed by atoms with van der Waals surface area (Å²) in [6.45, 7) is 20.0. The fraction of sp³-hybridized carbons (Fsp3) is 0.0735. The lowest BCUT2D eigenvalue weighted by molar-refractivity contribution is 0.667. The smallest absolute Gasteiger partial charge is 0.143 e. The first kappa shape index (κ1) is 90.0. The molecule has 0 spiro atoms. The number of furan rings is 1. The van der Waals surface area contributed by atoms with Crippen molar-refractivity contribution in [1.29, 1.82) is 0 Å². The summed E-state index contributed by atoms with van der Waals surface area (Å²) in [6, 6.07) is 180. The zero-order valence-corrected chi connectivity index (χ0v) is 82.6. The van der Waals surface area contributed by atoms with Crippen LogP contribution in [0.4, 0.5) is 0 Å². The summed E-state index contributed by atoms with van der Waals surface area (Å²) in [5.41, 5.74) is 39.2. The van der Waals surface area contributed by atoms with Gasteiger partial charge in [0, 0.05) is 82.2 Å². The molecule has 0 amide bonds. The molecule has 26 aromatic rings. The van der Waals surface area contributed by atoms with Crippen molar-refractivity contribution < 1.29 is 4.42 Å². The van der Waals surface area contributed by atoms with E-state index in [9.17, 15) is 0 Å². The Balaban J connectivity index is 0.0000000953. The average molecular weight is 1840 g/mol. The Morgan fingerprint density at radius 2 is 0.563 bits per heavy atom. The minimum atomic E-state index is -1.41. The van der Waals surface area contributed by atoms with Gasteiger partial charge in [0.15, 0.2) is 0 Å². The van der Waals surface area contributed by atoms with Crippen LogP contribution in [0.15, 0.2) is 508 Å². The summed E-state index contributed by atoms with van der Waals surface area (Å²) in [4.78, 5) is 0. The monoisotopic (exact) mass is 1840 g/mol. The van der Waals surface area contributed by atoms with Crippen molar-refractivity contribution in [3.63, 3.8) is 0 Å². The van der Waals surface area contributed by atoms with Crippen LogP contribution in [0.3, 0.4) is 0 Å². The number of para-hydroxylation sites is 11. The van der Waals surface area contributed by atoms with E-state index >= 15 is 0 Å². The maximum atomic E-state index is 6.17. The van der Waals surface area contributed by atoms with E-state index in [0.29, 0.717) is 0 Å². The van der Waals surface area contributed by atoms with Crippen LogP contribution >= 0.6 is 0 Å². The highest BCUT2D eigenvalue weighted by molar-refractivity contribution is 7.03. The van der Waals surface area contributed by atoms with E-state index in [1.54, 1.807) is 10.4 Å². The van der Waals surface area contributed by atoms with Gasteiger partial charge >= 0.3 is 0 Å². The standard InChI is InChI=1S/C26H20.4C19H15N.C19H14O.C15H16Si/c1-19-16-17-23-22-14-8-9-15-24(22)26(25(23)18-19,20-10-4-2-5-11-20)21-12-6-3-7-13-21;1-14-8-7-12-17-16-11-5-6-13-18(16)20(19(14)17)15-9-3-2-4-10-15;1-14-8-7-13-18-19(14)16-11-5-6-12-17(16)20(18)15-9-3-2-4-10-15;1-14-11-12-19-17(13-14)16-9-5-6-10-18(16)20(19)15-7-3-2-4-8-15;1-14-11-12-17-16-9-5-6-10-18(16)20(19(17)13-14)15-7-3-2-4-8-15;1-13-7-5-11-16-17-12-6-10-15(19(17)20-18(13)16)14-8-3-2-4-9-14;1-11-8-9-13-12-6-4-5-7-14(12)16(2,3)15(13)10-11/h2-18H,1H3;4*2-13H,1H3;2-12H,1H3;4-10H,1-3H3. The highest BCUT2D eigenvalue weighted by Gasteiger charge is 2.46. The summed E-state index contributed by atoms with van der Waals surface area (Å²) in [5, 5.41) is 16.2. The minimum absolute atomic E-state index is 0.263. The van der Waals surface area contributed by atoms with Crippen LogP contribution in [0.2, 0.25) is 13.1 Å². The van der Waals surface area contributed by atoms with Gasteiger partial charge < -0.3 is 22.7 Å². The number of fused-ring (bicyclic) bond motifs is 21. The normalized spacial score (nSPS) is 12.2. The third kappa shape index (κ3) is 16.5. The first-order chi connectivity index (χ1) is 69.7. The van der Waals surface area contributed by atoms with E-state index in [-0.39, 0.29) is 5.41 Å². The number of nitrogens with zero attached hydrogens (tertiary/aromatic N) is 4. The largest absolute Gasteiger partial charge is 0.455 e. The Bertz CT molecular complexity index is 9010. The molecule has 5 nitrogen and oxygen atoms in total. The van der Waals surface area contributed by atoms with Crippen LogP contribution in [-0.4, -0.2) is 26.3 Å². The van der Waals surface area contributed by atoms with Crippen molar-refractivity contribution in [2.75, 3.05) is 0 Å². The highest BCUT2D eigenvalue weighted by Crippen LogP contribution is 2.56. The first-order valence-electron chi connectivity index (χ1n) is 49.4. The van der Waals surface area contributed by atoms with Gasteiger partial charge in [0.25, 0.3) is 0 Å². The molecule has 0 radical (unpaired) electrons. The molecule has 142 heavy (non-hydrogen) atoms. The van der Waals surface area contributed by atoms with Crippen molar-refractivity contribution in [2.45, 2.75) is 67.0 Å². The molecule has 0 bridgehead atoms. The Morgan fingerprint density at radius 1 is 0.204 bits per heavy atom. The fourth-order valence-corrected chi connectivity index (χ4v) is 25.3. The topological polar surface area (TPSA) is 32.9 Å². The highest BCUT2D eigenvalue weighted by atomic mass is 28.3. The average Bonchev–Trinajstić information content (AvgIpc) is 1.53. The molecule has 0 atom stereocenters. The first-order valence-corrected chi connectivity index (χ1v) is 52.4. The van der Waals surface area contributed by atoms with E-state index in [2.05, 4.69) is 577 Å². The van der Waals surface area contributed by atoms with Gasteiger partial charge in [-0.3, -0.25) is 0 Å². The second-order valence-electron chi connectivity index (χ2n) is 38.1. The maximum absolute atomic E-state index is 6.17. The molecule has 28 rings (SSSR count). The van der Waals surface area contributed by atoms with Gasteiger partial charge in [-0.15, -0.1) is 0 Å². The maximum Gasteiger partial charge on any atom is 0.143 e. The van der Waals surface area contributed by atoms with Gasteiger partial charge in [0.1, 0.15) is 19.2 Å². The van der Waals surface area contributed by atoms with E-state index < -0.39 is 8.07 Å². The Hall–Kier alpha value is -17.2.